The van der Waals surface area contributed by atoms with Crippen LogP contribution < -0.4 is 11.1 Å². The summed E-state index contributed by atoms with van der Waals surface area (Å²) in [6.07, 6.45) is 2.89. The largest absolute Gasteiger partial charge is 0.396 e. The zero-order valence-electron chi connectivity index (χ0n) is 11.1. The topological polar surface area (TPSA) is 68.0 Å². The summed E-state index contributed by atoms with van der Waals surface area (Å²) in [6, 6.07) is 13.6. The Morgan fingerprint density at radius 2 is 2.00 bits per heavy atom. The highest BCUT2D eigenvalue weighted by atomic mass is 32.2. The first kappa shape index (κ1) is 14.4. The Morgan fingerprint density at radius 1 is 1.20 bits per heavy atom. The number of benzene rings is 1. The zero-order chi connectivity index (χ0) is 14.2. The number of thioether (sulfide) groups is 1. The van der Waals surface area contributed by atoms with Gasteiger partial charge in [0.1, 0.15) is 0 Å². The van der Waals surface area contributed by atoms with Crippen molar-refractivity contribution in [3.8, 4) is 0 Å². The molecular weight excluding hydrogens is 270 g/mol. The molecule has 0 saturated heterocycles. The van der Waals surface area contributed by atoms with Gasteiger partial charge in [-0.25, -0.2) is 4.98 Å². The van der Waals surface area contributed by atoms with E-state index in [2.05, 4.69) is 22.4 Å². The summed E-state index contributed by atoms with van der Waals surface area (Å²) < 4.78 is 0. The second kappa shape index (κ2) is 7.55. The lowest BCUT2D eigenvalue weighted by Crippen LogP contribution is -2.13. The number of hydrogen-bond acceptors (Lipinski definition) is 4. The van der Waals surface area contributed by atoms with Crippen molar-refractivity contribution in [2.24, 2.45) is 0 Å². The van der Waals surface area contributed by atoms with Gasteiger partial charge in [0.05, 0.1) is 5.69 Å². The highest BCUT2D eigenvalue weighted by molar-refractivity contribution is 7.99. The number of nitrogen functional groups attached to an aromatic ring is 1. The molecule has 0 fully saturated rings. The van der Waals surface area contributed by atoms with E-state index in [0.29, 0.717) is 17.9 Å². The average molecular weight is 287 g/mol. The number of anilines is 2. The molecule has 104 valence electrons. The fourth-order valence-corrected chi connectivity index (χ4v) is 2.53. The number of amides is 1. The van der Waals surface area contributed by atoms with Crippen molar-refractivity contribution >= 4 is 29.2 Å². The van der Waals surface area contributed by atoms with Crippen molar-refractivity contribution < 1.29 is 4.79 Å². The van der Waals surface area contributed by atoms with Crippen LogP contribution in [0, 0.1) is 0 Å². The van der Waals surface area contributed by atoms with Gasteiger partial charge in [-0.15, -0.1) is 11.8 Å². The molecule has 0 aliphatic heterocycles. The van der Waals surface area contributed by atoms with Crippen LogP contribution >= 0.6 is 11.8 Å². The molecule has 0 bridgehead atoms. The van der Waals surface area contributed by atoms with Crippen LogP contribution in [0.3, 0.4) is 0 Å². The molecule has 0 aliphatic carbocycles. The number of carbonyl (C=O) groups is 1. The number of aromatic nitrogens is 1. The molecule has 2 rings (SSSR count). The summed E-state index contributed by atoms with van der Waals surface area (Å²) in [5.74, 6) is 1.30. The number of pyridine rings is 1. The van der Waals surface area contributed by atoms with Crippen LogP contribution in [-0.4, -0.2) is 16.6 Å². The molecule has 0 radical (unpaired) electrons. The summed E-state index contributed by atoms with van der Waals surface area (Å²) in [5, 5.41) is 2.72. The second-order valence-corrected chi connectivity index (χ2v) is 5.42. The number of nitrogens with one attached hydrogen (secondary N) is 1. The Hall–Kier alpha value is -2.01. The van der Waals surface area contributed by atoms with E-state index >= 15 is 0 Å². The fourth-order valence-electron chi connectivity index (χ4n) is 1.66. The predicted molar refractivity (Wildman–Crippen MR) is 83.7 cm³/mol. The highest BCUT2D eigenvalue weighted by Gasteiger charge is 2.05. The van der Waals surface area contributed by atoms with Crippen LogP contribution in [0.5, 0.6) is 0 Å². The summed E-state index contributed by atoms with van der Waals surface area (Å²) in [6.45, 7) is 0. The van der Waals surface area contributed by atoms with Crippen LogP contribution in [0.1, 0.15) is 12.8 Å². The molecule has 0 aliphatic rings. The van der Waals surface area contributed by atoms with E-state index in [1.165, 1.54) is 4.90 Å². The van der Waals surface area contributed by atoms with Crippen LogP contribution in [0.15, 0.2) is 53.6 Å². The third kappa shape index (κ3) is 4.59. The number of carbonyl (C=O) groups excluding carboxylic acids is 1. The van der Waals surface area contributed by atoms with Gasteiger partial charge in [-0.05, 0) is 36.4 Å². The van der Waals surface area contributed by atoms with Crippen LogP contribution in [0.4, 0.5) is 11.5 Å². The smallest absolute Gasteiger partial charge is 0.225 e. The van der Waals surface area contributed by atoms with Crippen LogP contribution in [0.25, 0.3) is 0 Å². The molecule has 1 aromatic heterocycles. The van der Waals surface area contributed by atoms with E-state index in [1.807, 2.05) is 18.2 Å². The quantitative estimate of drug-likeness (QED) is 0.632. The lowest BCUT2D eigenvalue weighted by molar-refractivity contribution is -0.116. The van der Waals surface area contributed by atoms with Gasteiger partial charge in [0.15, 0.2) is 5.82 Å². The fraction of sp³-hybridized carbons (Fsp3) is 0.200. The van der Waals surface area contributed by atoms with Gasteiger partial charge in [0.25, 0.3) is 0 Å². The monoisotopic (exact) mass is 287 g/mol. The first-order valence-corrected chi connectivity index (χ1v) is 7.42. The Kier molecular flexibility index (Phi) is 5.43. The SMILES string of the molecule is Nc1cccnc1NC(=O)CCCSc1ccccc1. The Morgan fingerprint density at radius 3 is 2.75 bits per heavy atom. The molecule has 0 atom stereocenters. The van der Waals surface area contributed by atoms with Gasteiger partial charge >= 0.3 is 0 Å². The van der Waals surface area contributed by atoms with Gasteiger partial charge in [-0.3, -0.25) is 4.79 Å². The Bertz CT molecular complexity index is 560. The van der Waals surface area contributed by atoms with E-state index in [4.69, 9.17) is 5.73 Å². The maximum absolute atomic E-state index is 11.8. The number of nitrogens with two attached hydrogens (primary N) is 1. The standard InChI is InChI=1S/C15H17N3OS/c16-13-8-4-10-17-15(13)18-14(19)9-5-11-20-12-6-2-1-3-7-12/h1-4,6-8,10H,5,9,11,16H2,(H,17,18,19). The van der Waals surface area contributed by atoms with Gasteiger partial charge in [-0.1, -0.05) is 18.2 Å². The molecule has 0 unspecified atom stereocenters. The van der Waals surface area contributed by atoms with Crippen molar-refractivity contribution in [3.63, 3.8) is 0 Å². The molecule has 20 heavy (non-hydrogen) atoms. The minimum Gasteiger partial charge on any atom is -0.396 e. The molecule has 5 heteroatoms. The highest BCUT2D eigenvalue weighted by Crippen LogP contribution is 2.19. The van der Waals surface area contributed by atoms with Gasteiger partial charge in [-0.2, -0.15) is 0 Å². The van der Waals surface area contributed by atoms with Crippen molar-refractivity contribution in [1.29, 1.82) is 0 Å². The van der Waals surface area contributed by atoms with Crippen molar-refractivity contribution in [3.05, 3.63) is 48.7 Å². The molecule has 1 heterocycles. The van der Waals surface area contributed by atoms with E-state index < -0.39 is 0 Å². The molecule has 1 amide bonds. The van der Waals surface area contributed by atoms with E-state index in [1.54, 1.807) is 30.1 Å². The molecule has 2 aromatic rings. The second-order valence-electron chi connectivity index (χ2n) is 4.25. The first-order valence-electron chi connectivity index (χ1n) is 6.44. The summed E-state index contributed by atoms with van der Waals surface area (Å²) in [4.78, 5) is 17.0. The molecule has 0 spiro atoms. The molecule has 0 saturated carbocycles. The summed E-state index contributed by atoms with van der Waals surface area (Å²) >= 11 is 1.75. The summed E-state index contributed by atoms with van der Waals surface area (Å²) in [7, 11) is 0. The molecule has 4 nitrogen and oxygen atoms in total. The van der Waals surface area contributed by atoms with Crippen molar-refractivity contribution in [1.82, 2.24) is 4.98 Å². The van der Waals surface area contributed by atoms with Gasteiger partial charge in [0, 0.05) is 17.5 Å². The van der Waals surface area contributed by atoms with Crippen LogP contribution in [0.2, 0.25) is 0 Å². The van der Waals surface area contributed by atoms with Crippen molar-refractivity contribution in [2.45, 2.75) is 17.7 Å². The third-order valence-corrected chi connectivity index (χ3v) is 3.76. The number of rotatable bonds is 6. The van der Waals surface area contributed by atoms with E-state index in [0.717, 1.165) is 12.2 Å². The molecule has 1 aromatic carbocycles. The number of nitrogens with zero attached hydrogens (tertiary/aromatic N) is 1. The molecule has 3 N–H and O–H groups in total. The Balaban J connectivity index is 1.69. The molecular formula is C15H17N3OS. The first-order chi connectivity index (χ1) is 9.75. The van der Waals surface area contributed by atoms with Gasteiger partial charge in [0.2, 0.25) is 5.91 Å². The maximum Gasteiger partial charge on any atom is 0.225 e. The summed E-state index contributed by atoms with van der Waals surface area (Å²) in [5.41, 5.74) is 6.20. The predicted octanol–water partition coefficient (Wildman–Crippen LogP) is 3.17. The lowest BCUT2D eigenvalue weighted by Gasteiger charge is -2.06. The lowest BCUT2D eigenvalue weighted by atomic mass is 10.3. The maximum atomic E-state index is 11.8. The van der Waals surface area contributed by atoms with Crippen LogP contribution in [-0.2, 0) is 4.79 Å². The average Bonchev–Trinajstić information content (AvgIpc) is 2.47. The van der Waals surface area contributed by atoms with E-state index in [-0.39, 0.29) is 5.91 Å². The van der Waals surface area contributed by atoms with Crippen molar-refractivity contribution in [2.75, 3.05) is 16.8 Å². The Labute approximate surface area is 122 Å². The zero-order valence-corrected chi connectivity index (χ0v) is 11.9. The van der Waals surface area contributed by atoms with E-state index in [9.17, 15) is 4.79 Å². The number of hydrogen-bond donors (Lipinski definition) is 2. The third-order valence-electron chi connectivity index (χ3n) is 2.66. The minimum atomic E-state index is -0.0518. The normalized spacial score (nSPS) is 10.2. The van der Waals surface area contributed by atoms with Gasteiger partial charge < -0.3 is 11.1 Å². The minimum absolute atomic E-state index is 0.0518.